The van der Waals surface area contributed by atoms with Gasteiger partial charge in [-0.3, -0.25) is 4.98 Å². The van der Waals surface area contributed by atoms with Crippen LogP contribution >= 0.6 is 0 Å². The number of nitrogens with one attached hydrogen (secondary N) is 2. The maximum atomic E-state index is 5.78. The summed E-state index contributed by atoms with van der Waals surface area (Å²) in [6, 6.07) is 13.7. The molecule has 4 rings (SSSR count). The van der Waals surface area contributed by atoms with Crippen LogP contribution in [0.4, 0.5) is 17.3 Å². The number of nitrogens with zero attached hydrogens (tertiary/aromatic N) is 2. The first kappa shape index (κ1) is 11.7. The number of fused-ring (bicyclic) bond motifs is 2. The van der Waals surface area contributed by atoms with Crippen molar-refractivity contribution in [1.29, 1.82) is 0 Å². The van der Waals surface area contributed by atoms with Crippen molar-refractivity contribution in [1.82, 2.24) is 15.0 Å². The van der Waals surface area contributed by atoms with Crippen LogP contribution in [0.2, 0.25) is 0 Å². The molecule has 0 bridgehead atoms. The number of pyridine rings is 1. The molecule has 5 heteroatoms. The molecule has 2 aromatic carbocycles. The minimum atomic E-state index is 0.687. The van der Waals surface area contributed by atoms with Crippen LogP contribution in [0.15, 0.2) is 54.9 Å². The Morgan fingerprint density at radius 1 is 1.10 bits per heavy atom. The molecule has 0 fully saturated rings. The Morgan fingerprint density at radius 3 is 3.00 bits per heavy atom. The second-order valence-corrected chi connectivity index (χ2v) is 4.89. The van der Waals surface area contributed by atoms with E-state index in [1.807, 2.05) is 42.6 Å². The molecule has 0 atom stereocenters. The highest BCUT2D eigenvalue weighted by Crippen LogP contribution is 2.26. The molecule has 0 aliphatic rings. The summed E-state index contributed by atoms with van der Waals surface area (Å²) < 4.78 is 0. The average molecular weight is 275 g/mol. The maximum Gasteiger partial charge on any atom is 0.205 e. The van der Waals surface area contributed by atoms with Gasteiger partial charge in [0.15, 0.2) is 0 Å². The van der Waals surface area contributed by atoms with Gasteiger partial charge in [-0.2, -0.15) is 0 Å². The van der Waals surface area contributed by atoms with Crippen LogP contribution in [0.25, 0.3) is 21.8 Å². The van der Waals surface area contributed by atoms with Gasteiger partial charge >= 0.3 is 0 Å². The fourth-order valence-electron chi connectivity index (χ4n) is 2.44. The third kappa shape index (κ3) is 2.04. The zero-order valence-electron chi connectivity index (χ0n) is 11.2. The number of aromatic amines is 1. The summed E-state index contributed by atoms with van der Waals surface area (Å²) in [7, 11) is 0. The van der Waals surface area contributed by atoms with Gasteiger partial charge in [-0.15, -0.1) is 0 Å². The lowest BCUT2D eigenvalue weighted by molar-refractivity contribution is 1.31. The number of aromatic nitrogens is 3. The monoisotopic (exact) mass is 275 g/mol. The molecule has 2 heterocycles. The van der Waals surface area contributed by atoms with E-state index in [1.54, 1.807) is 6.20 Å². The summed E-state index contributed by atoms with van der Waals surface area (Å²) in [6.07, 6.45) is 3.63. The third-order valence-electron chi connectivity index (χ3n) is 3.44. The molecule has 0 amide bonds. The molecule has 0 unspecified atom stereocenters. The van der Waals surface area contributed by atoms with Crippen LogP contribution in [-0.4, -0.2) is 15.0 Å². The number of anilines is 3. The van der Waals surface area contributed by atoms with Gasteiger partial charge in [-0.1, -0.05) is 12.1 Å². The maximum absolute atomic E-state index is 5.78. The first-order valence-corrected chi connectivity index (χ1v) is 6.65. The van der Waals surface area contributed by atoms with E-state index in [2.05, 4.69) is 26.3 Å². The molecule has 0 saturated carbocycles. The van der Waals surface area contributed by atoms with E-state index in [-0.39, 0.29) is 0 Å². The third-order valence-corrected chi connectivity index (χ3v) is 3.44. The summed E-state index contributed by atoms with van der Waals surface area (Å²) in [5.41, 5.74) is 9.26. The highest BCUT2D eigenvalue weighted by Gasteiger charge is 2.05. The predicted octanol–water partition coefficient (Wildman–Crippen LogP) is 3.44. The summed E-state index contributed by atoms with van der Waals surface area (Å²) in [4.78, 5) is 11.9. The number of hydrogen-bond acceptors (Lipinski definition) is 4. The number of benzene rings is 2. The zero-order valence-corrected chi connectivity index (χ0v) is 11.2. The molecular formula is C16H13N5. The standard InChI is InChI=1S/C16H13N5/c17-11-4-5-14-15(8-11)21-16(20-14)19-13-3-1-2-10-6-7-18-9-12(10)13/h1-9H,17H2,(H2,19,20,21). The van der Waals surface area contributed by atoms with Crippen LogP contribution in [0.1, 0.15) is 0 Å². The van der Waals surface area contributed by atoms with Crippen molar-refractivity contribution in [2.75, 3.05) is 11.1 Å². The molecule has 4 N–H and O–H groups in total. The molecule has 102 valence electrons. The molecule has 4 aromatic rings. The van der Waals surface area contributed by atoms with Crippen LogP contribution < -0.4 is 11.1 Å². The predicted molar refractivity (Wildman–Crippen MR) is 85.5 cm³/mol. The van der Waals surface area contributed by atoms with Gasteiger partial charge in [0.25, 0.3) is 0 Å². The van der Waals surface area contributed by atoms with Crippen molar-refractivity contribution in [3.63, 3.8) is 0 Å². The number of nitrogen functional groups attached to an aromatic ring is 1. The van der Waals surface area contributed by atoms with Gasteiger partial charge in [0.1, 0.15) is 0 Å². The Morgan fingerprint density at radius 2 is 2.05 bits per heavy atom. The summed E-state index contributed by atoms with van der Waals surface area (Å²) in [5.74, 6) is 0.687. The largest absolute Gasteiger partial charge is 0.399 e. The van der Waals surface area contributed by atoms with Crippen molar-refractivity contribution < 1.29 is 0 Å². The Balaban J connectivity index is 1.79. The van der Waals surface area contributed by atoms with Gasteiger partial charge in [-0.05, 0) is 35.7 Å². The molecule has 0 aliphatic heterocycles. The van der Waals surface area contributed by atoms with E-state index in [0.29, 0.717) is 11.6 Å². The van der Waals surface area contributed by atoms with Gasteiger partial charge in [0.05, 0.1) is 16.7 Å². The minimum absolute atomic E-state index is 0.687. The summed E-state index contributed by atoms with van der Waals surface area (Å²) in [6.45, 7) is 0. The topological polar surface area (TPSA) is 79.6 Å². The highest BCUT2D eigenvalue weighted by molar-refractivity contribution is 5.94. The Bertz CT molecular complexity index is 936. The number of nitrogens with two attached hydrogens (primary N) is 1. The Kier molecular flexibility index (Phi) is 2.50. The highest BCUT2D eigenvalue weighted by atomic mass is 15.1. The molecular weight excluding hydrogens is 262 g/mol. The average Bonchev–Trinajstić information content (AvgIpc) is 2.89. The smallest absolute Gasteiger partial charge is 0.205 e. The molecule has 0 saturated heterocycles. The first-order valence-electron chi connectivity index (χ1n) is 6.65. The second kappa shape index (κ2) is 4.49. The molecule has 0 radical (unpaired) electrons. The van der Waals surface area contributed by atoms with Crippen LogP contribution in [0.3, 0.4) is 0 Å². The van der Waals surface area contributed by atoms with Crippen LogP contribution in [0.5, 0.6) is 0 Å². The van der Waals surface area contributed by atoms with E-state index in [0.717, 1.165) is 27.5 Å². The number of imidazole rings is 1. The van der Waals surface area contributed by atoms with E-state index >= 15 is 0 Å². The lowest BCUT2D eigenvalue weighted by Gasteiger charge is -2.06. The normalized spacial score (nSPS) is 11.0. The van der Waals surface area contributed by atoms with E-state index in [9.17, 15) is 0 Å². The van der Waals surface area contributed by atoms with Gasteiger partial charge < -0.3 is 16.0 Å². The fraction of sp³-hybridized carbons (Fsp3) is 0. The lowest BCUT2D eigenvalue weighted by Crippen LogP contribution is -1.93. The van der Waals surface area contributed by atoms with Crippen molar-refractivity contribution in [3.05, 3.63) is 54.9 Å². The summed E-state index contributed by atoms with van der Waals surface area (Å²) in [5, 5.41) is 5.50. The van der Waals surface area contributed by atoms with Crippen molar-refractivity contribution >= 4 is 39.1 Å². The van der Waals surface area contributed by atoms with E-state index < -0.39 is 0 Å². The van der Waals surface area contributed by atoms with E-state index in [1.165, 1.54) is 0 Å². The van der Waals surface area contributed by atoms with Crippen molar-refractivity contribution in [3.8, 4) is 0 Å². The first-order chi connectivity index (χ1) is 10.3. The van der Waals surface area contributed by atoms with Crippen molar-refractivity contribution in [2.45, 2.75) is 0 Å². The van der Waals surface area contributed by atoms with Crippen molar-refractivity contribution in [2.24, 2.45) is 0 Å². The molecule has 0 aliphatic carbocycles. The molecule has 21 heavy (non-hydrogen) atoms. The Labute approximate surface area is 120 Å². The minimum Gasteiger partial charge on any atom is -0.399 e. The summed E-state index contributed by atoms with van der Waals surface area (Å²) >= 11 is 0. The quantitative estimate of drug-likeness (QED) is 0.490. The number of rotatable bonds is 2. The second-order valence-electron chi connectivity index (χ2n) is 4.89. The number of hydrogen-bond donors (Lipinski definition) is 3. The van der Waals surface area contributed by atoms with Gasteiger partial charge in [0, 0.05) is 23.5 Å². The molecule has 5 nitrogen and oxygen atoms in total. The fourth-order valence-corrected chi connectivity index (χ4v) is 2.44. The SMILES string of the molecule is Nc1ccc2nc(Nc3cccc4ccncc34)[nH]c2c1. The number of H-pyrrole nitrogens is 1. The van der Waals surface area contributed by atoms with Crippen LogP contribution in [-0.2, 0) is 0 Å². The van der Waals surface area contributed by atoms with Gasteiger partial charge in [-0.25, -0.2) is 4.98 Å². The zero-order chi connectivity index (χ0) is 14.2. The van der Waals surface area contributed by atoms with Gasteiger partial charge in [0.2, 0.25) is 5.95 Å². The van der Waals surface area contributed by atoms with Crippen LogP contribution in [0, 0.1) is 0 Å². The lowest BCUT2D eigenvalue weighted by atomic mass is 10.1. The molecule has 2 aromatic heterocycles. The van der Waals surface area contributed by atoms with E-state index in [4.69, 9.17) is 5.73 Å². The molecule has 0 spiro atoms. The Hall–Kier alpha value is -3.08.